The minimum Gasteiger partial charge on any atom is -0.481 e. The summed E-state index contributed by atoms with van der Waals surface area (Å²) in [5, 5.41) is 17.7. The smallest absolute Gasteiger partial charge is 0.327 e. The van der Waals surface area contributed by atoms with Crippen molar-refractivity contribution in [2.75, 3.05) is 0 Å². The second-order valence-corrected chi connectivity index (χ2v) is 7.46. The first kappa shape index (κ1) is 17.8. The van der Waals surface area contributed by atoms with E-state index in [4.69, 9.17) is 10.2 Å². The molecule has 0 fully saturated rings. The first-order chi connectivity index (χ1) is 8.32. The molecule has 0 rings (SSSR count). The average Bonchev–Trinajstić information content (AvgIpc) is 2.12. The predicted octanol–water partition coefficient (Wildman–Crippen LogP) is 1.39. The zero-order valence-corrected chi connectivity index (χ0v) is 12.0. The number of rotatable bonds is 7. The summed E-state index contributed by atoms with van der Waals surface area (Å²) in [6.07, 6.45) is -1.42. The van der Waals surface area contributed by atoms with Crippen molar-refractivity contribution >= 4 is 22.1 Å². The highest BCUT2D eigenvalue weighted by Crippen LogP contribution is 2.34. The lowest BCUT2D eigenvalue weighted by Crippen LogP contribution is -2.47. The Morgan fingerprint density at radius 3 is 1.74 bits per heavy atom. The Hall–Kier alpha value is -1.15. The molecule has 0 heterocycles. The molecule has 1 unspecified atom stereocenters. The summed E-state index contributed by atoms with van der Waals surface area (Å²) in [6.45, 7) is 5.38. The fourth-order valence-corrected chi connectivity index (χ4v) is 2.53. The van der Waals surface area contributed by atoms with E-state index < -0.39 is 39.6 Å². The Morgan fingerprint density at radius 1 is 1.00 bits per heavy atom. The molecule has 8 heteroatoms. The van der Waals surface area contributed by atoms with Gasteiger partial charge < -0.3 is 10.2 Å². The maximum atomic E-state index is 11.4. The van der Waals surface area contributed by atoms with Gasteiger partial charge in [0, 0.05) is 6.42 Å². The van der Waals surface area contributed by atoms with Crippen LogP contribution in [0.15, 0.2) is 0 Å². The van der Waals surface area contributed by atoms with Crippen LogP contribution in [0.25, 0.3) is 0 Å². The molecule has 0 aliphatic rings. The van der Waals surface area contributed by atoms with Crippen molar-refractivity contribution in [1.29, 1.82) is 0 Å². The summed E-state index contributed by atoms with van der Waals surface area (Å²) in [6, 6.07) is 0. The SMILES string of the molecule is CC(C)(C)CCC(CCC(=O)O)(C(=O)O)S(=O)(=O)O. The van der Waals surface area contributed by atoms with Crippen molar-refractivity contribution in [2.45, 2.75) is 51.2 Å². The van der Waals surface area contributed by atoms with E-state index in [-0.39, 0.29) is 18.3 Å². The molecule has 112 valence electrons. The minimum atomic E-state index is -4.91. The number of carbonyl (C=O) groups is 2. The maximum absolute atomic E-state index is 11.4. The molecule has 0 aromatic heterocycles. The molecule has 0 saturated heterocycles. The summed E-state index contributed by atoms with van der Waals surface area (Å²) in [5.41, 5.74) is -0.339. The van der Waals surface area contributed by atoms with Crippen molar-refractivity contribution in [3.05, 3.63) is 0 Å². The van der Waals surface area contributed by atoms with Gasteiger partial charge in [-0.25, -0.2) is 0 Å². The number of carboxylic acids is 2. The first-order valence-corrected chi connectivity index (χ1v) is 7.18. The number of aliphatic carboxylic acids is 2. The van der Waals surface area contributed by atoms with Gasteiger partial charge in [-0.3, -0.25) is 14.1 Å². The van der Waals surface area contributed by atoms with Crippen LogP contribution in [-0.2, 0) is 19.7 Å². The Balaban J connectivity index is 5.41. The average molecular weight is 296 g/mol. The largest absolute Gasteiger partial charge is 0.481 e. The Kier molecular flexibility index (Phi) is 5.52. The van der Waals surface area contributed by atoms with Crippen LogP contribution in [0, 0.1) is 5.41 Å². The van der Waals surface area contributed by atoms with E-state index in [0.717, 1.165) is 0 Å². The summed E-state index contributed by atoms with van der Waals surface area (Å²) in [5.74, 6) is -3.04. The van der Waals surface area contributed by atoms with Crippen LogP contribution in [0.5, 0.6) is 0 Å². The molecule has 0 aromatic carbocycles. The molecule has 7 nitrogen and oxygen atoms in total. The quantitative estimate of drug-likeness (QED) is 0.605. The van der Waals surface area contributed by atoms with Crippen LogP contribution in [0.2, 0.25) is 0 Å². The lowest BCUT2D eigenvalue weighted by atomic mass is 9.85. The Labute approximate surface area is 112 Å². The van der Waals surface area contributed by atoms with Gasteiger partial charge in [0.1, 0.15) is 0 Å². The molecule has 0 amide bonds. The normalized spacial score (nSPS) is 15.8. The molecule has 1 atom stereocenters. The van der Waals surface area contributed by atoms with Gasteiger partial charge in [0.2, 0.25) is 0 Å². The topological polar surface area (TPSA) is 129 Å². The van der Waals surface area contributed by atoms with E-state index in [1.54, 1.807) is 20.8 Å². The van der Waals surface area contributed by atoms with Crippen molar-refractivity contribution in [3.63, 3.8) is 0 Å². The minimum absolute atomic E-state index is 0.221. The monoisotopic (exact) mass is 296 g/mol. The van der Waals surface area contributed by atoms with E-state index in [0.29, 0.717) is 0 Å². The van der Waals surface area contributed by atoms with E-state index in [9.17, 15) is 22.6 Å². The third-order valence-electron chi connectivity index (χ3n) is 2.91. The van der Waals surface area contributed by atoms with E-state index in [1.165, 1.54) is 0 Å². The molecular weight excluding hydrogens is 276 g/mol. The van der Waals surface area contributed by atoms with Gasteiger partial charge >= 0.3 is 11.9 Å². The highest BCUT2D eigenvalue weighted by Gasteiger charge is 2.50. The lowest BCUT2D eigenvalue weighted by Gasteiger charge is -2.29. The van der Waals surface area contributed by atoms with Gasteiger partial charge in [-0.2, -0.15) is 8.42 Å². The molecule has 0 radical (unpaired) electrons. The molecule has 0 spiro atoms. The van der Waals surface area contributed by atoms with Crippen LogP contribution in [0.4, 0.5) is 0 Å². The Bertz CT molecular complexity index is 446. The fraction of sp³-hybridized carbons (Fsp3) is 0.818. The second kappa shape index (κ2) is 5.87. The van der Waals surface area contributed by atoms with Crippen LogP contribution < -0.4 is 0 Å². The molecule has 0 aliphatic carbocycles. The highest BCUT2D eigenvalue weighted by molar-refractivity contribution is 7.88. The standard InChI is InChI=1S/C11H20O7S/c1-10(2,3)6-7-11(9(14)15,19(16,17)18)5-4-8(12)13/h4-7H2,1-3H3,(H,12,13)(H,14,15)(H,16,17,18). The van der Waals surface area contributed by atoms with E-state index in [1.807, 2.05) is 0 Å². The van der Waals surface area contributed by atoms with Crippen molar-refractivity contribution < 1.29 is 32.8 Å². The summed E-state index contributed by atoms with van der Waals surface area (Å²) in [7, 11) is -4.91. The Morgan fingerprint density at radius 2 is 1.47 bits per heavy atom. The van der Waals surface area contributed by atoms with Crippen LogP contribution in [0.1, 0.15) is 46.5 Å². The van der Waals surface area contributed by atoms with Gasteiger partial charge in [-0.05, 0) is 24.7 Å². The summed E-state index contributed by atoms with van der Waals surface area (Å²) >= 11 is 0. The maximum Gasteiger partial charge on any atom is 0.327 e. The van der Waals surface area contributed by atoms with Crippen molar-refractivity contribution in [3.8, 4) is 0 Å². The van der Waals surface area contributed by atoms with E-state index >= 15 is 0 Å². The highest BCUT2D eigenvalue weighted by atomic mass is 32.2. The molecule has 0 aromatic rings. The van der Waals surface area contributed by atoms with Gasteiger partial charge in [-0.15, -0.1) is 0 Å². The third kappa shape index (κ3) is 5.15. The lowest BCUT2D eigenvalue weighted by molar-refractivity contribution is -0.141. The van der Waals surface area contributed by atoms with Crippen LogP contribution in [0.3, 0.4) is 0 Å². The number of hydrogen-bond acceptors (Lipinski definition) is 4. The zero-order chi connectivity index (χ0) is 15.5. The van der Waals surface area contributed by atoms with E-state index in [2.05, 4.69) is 0 Å². The van der Waals surface area contributed by atoms with Gasteiger partial charge in [0.25, 0.3) is 10.1 Å². The third-order valence-corrected chi connectivity index (χ3v) is 4.48. The van der Waals surface area contributed by atoms with Gasteiger partial charge in [0.15, 0.2) is 4.75 Å². The van der Waals surface area contributed by atoms with Crippen molar-refractivity contribution in [2.24, 2.45) is 5.41 Å². The molecular formula is C11H20O7S. The van der Waals surface area contributed by atoms with Gasteiger partial charge in [0.05, 0.1) is 0 Å². The first-order valence-electron chi connectivity index (χ1n) is 5.74. The van der Waals surface area contributed by atoms with Gasteiger partial charge in [-0.1, -0.05) is 20.8 Å². The number of hydrogen-bond donors (Lipinski definition) is 3. The van der Waals surface area contributed by atoms with Crippen LogP contribution >= 0.6 is 0 Å². The molecule has 0 aliphatic heterocycles. The van der Waals surface area contributed by atoms with Crippen LogP contribution in [-0.4, -0.2) is 39.9 Å². The zero-order valence-electron chi connectivity index (χ0n) is 11.2. The second-order valence-electron chi connectivity index (χ2n) is 5.73. The molecule has 3 N–H and O–H groups in total. The summed E-state index contributed by atoms with van der Waals surface area (Å²) in [4.78, 5) is 21.8. The molecule has 0 bridgehead atoms. The molecule has 0 saturated carbocycles. The fourth-order valence-electron chi connectivity index (χ4n) is 1.59. The van der Waals surface area contributed by atoms with Crippen molar-refractivity contribution in [1.82, 2.24) is 0 Å². The summed E-state index contributed by atoms with van der Waals surface area (Å²) < 4.78 is 29.6. The predicted molar refractivity (Wildman–Crippen MR) is 67.5 cm³/mol. The number of carboxylic acid groups (broad SMARTS) is 2. The molecule has 19 heavy (non-hydrogen) atoms.